The normalized spacial score (nSPS) is 10.3. The third kappa shape index (κ3) is 4.44. The van der Waals surface area contributed by atoms with Crippen LogP contribution in [0.15, 0.2) is 22.7 Å². The lowest BCUT2D eigenvalue weighted by Gasteiger charge is -2.09. The summed E-state index contributed by atoms with van der Waals surface area (Å²) >= 11 is 9.27. The second kappa shape index (κ2) is 7.42. The second-order valence-corrected chi connectivity index (χ2v) is 5.32. The number of nitrogens with one attached hydrogen (secondary N) is 1. The van der Waals surface area contributed by atoms with Gasteiger partial charge in [0.1, 0.15) is 5.75 Å². The zero-order valence-corrected chi connectivity index (χ0v) is 13.9. The first-order valence-electron chi connectivity index (χ1n) is 6.29. The van der Waals surface area contributed by atoms with Gasteiger partial charge >= 0.3 is 12.0 Å². The average Bonchev–Trinajstić information content (AvgIpc) is 2.48. The molecule has 0 aliphatic heterocycles. The molecule has 1 N–H and O–H groups in total. The number of rotatable bonds is 6. The van der Waals surface area contributed by atoms with E-state index in [1.165, 1.54) is 7.11 Å². The molecule has 0 radical (unpaired) electrons. The molecule has 0 saturated heterocycles. The summed E-state index contributed by atoms with van der Waals surface area (Å²) in [5.41, 5.74) is 0. The van der Waals surface area contributed by atoms with Crippen LogP contribution in [0.5, 0.6) is 17.8 Å². The number of hydrogen-bond donors (Lipinski definition) is 1. The van der Waals surface area contributed by atoms with E-state index in [0.717, 1.165) is 13.0 Å². The van der Waals surface area contributed by atoms with E-state index in [4.69, 9.17) is 21.1 Å². The Hall–Kier alpha value is -1.60. The van der Waals surface area contributed by atoms with Gasteiger partial charge in [-0.05, 0) is 40.5 Å². The van der Waals surface area contributed by atoms with Gasteiger partial charge in [-0.1, -0.05) is 18.5 Å². The summed E-state index contributed by atoms with van der Waals surface area (Å²) in [6.07, 6.45) is 0.951. The molecule has 1 heterocycles. The third-order valence-corrected chi connectivity index (χ3v) is 3.26. The zero-order chi connectivity index (χ0) is 15.2. The zero-order valence-electron chi connectivity index (χ0n) is 11.6. The van der Waals surface area contributed by atoms with Gasteiger partial charge in [0.05, 0.1) is 11.6 Å². The average molecular weight is 374 g/mol. The van der Waals surface area contributed by atoms with E-state index >= 15 is 0 Å². The smallest absolute Gasteiger partial charge is 0.330 e. The summed E-state index contributed by atoms with van der Waals surface area (Å²) in [5, 5.41) is 3.67. The Morgan fingerprint density at radius 2 is 2.00 bits per heavy atom. The number of hydrogen-bond acceptors (Lipinski definition) is 6. The quantitative estimate of drug-likeness (QED) is 0.828. The van der Waals surface area contributed by atoms with Crippen LogP contribution in [0.1, 0.15) is 13.3 Å². The molecule has 112 valence electrons. The summed E-state index contributed by atoms with van der Waals surface area (Å²) in [7, 11) is 1.49. The van der Waals surface area contributed by atoms with Crippen molar-refractivity contribution < 1.29 is 9.47 Å². The van der Waals surface area contributed by atoms with Gasteiger partial charge in [-0.3, -0.25) is 0 Å². The Labute approximate surface area is 136 Å². The van der Waals surface area contributed by atoms with Gasteiger partial charge in [-0.25, -0.2) is 0 Å². The van der Waals surface area contributed by atoms with Crippen LogP contribution >= 0.6 is 27.5 Å². The van der Waals surface area contributed by atoms with Gasteiger partial charge in [-0.2, -0.15) is 9.97 Å². The number of anilines is 1. The molecule has 0 spiro atoms. The molecule has 0 saturated carbocycles. The van der Waals surface area contributed by atoms with Gasteiger partial charge in [0, 0.05) is 11.6 Å². The lowest BCUT2D eigenvalue weighted by atomic mass is 10.3. The number of benzene rings is 1. The fourth-order valence-electron chi connectivity index (χ4n) is 1.45. The maximum atomic E-state index is 5.89. The van der Waals surface area contributed by atoms with E-state index in [1.807, 2.05) is 6.92 Å². The highest BCUT2D eigenvalue weighted by Gasteiger charge is 2.10. The molecule has 0 atom stereocenters. The van der Waals surface area contributed by atoms with Crippen LogP contribution < -0.4 is 14.8 Å². The maximum absolute atomic E-state index is 5.89. The number of halogens is 2. The lowest BCUT2D eigenvalue weighted by molar-refractivity contribution is 0.359. The van der Waals surface area contributed by atoms with E-state index in [9.17, 15) is 0 Å². The molecule has 8 heteroatoms. The Morgan fingerprint density at radius 3 is 2.67 bits per heavy atom. The number of aromatic nitrogens is 3. The van der Waals surface area contributed by atoms with Crippen LogP contribution in [0.3, 0.4) is 0 Å². The van der Waals surface area contributed by atoms with Gasteiger partial charge in [-0.15, -0.1) is 4.98 Å². The molecule has 0 aliphatic rings. The fourth-order valence-corrected chi connectivity index (χ4v) is 2.21. The SMILES string of the molecule is CCCNc1nc(OC)nc(Oc2ccc(Cl)cc2Br)n1. The van der Waals surface area contributed by atoms with Crippen molar-refractivity contribution in [3.8, 4) is 17.8 Å². The number of ether oxygens (including phenoxy) is 2. The van der Waals surface area contributed by atoms with Crippen molar-refractivity contribution in [1.29, 1.82) is 0 Å². The van der Waals surface area contributed by atoms with Crippen molar-refractivity contribution in [3.63, 3.8) is 0 Å². The molecule has 21 heavy (non-hydrogen) atoms. The minimum atomic E-state index is 0.142. The topological polar surface area (TPSA) is 69.2 Å². The molecule has 1 aromatic heterocycles. The van der Waals surface area contributed by atoms with Gasteiger partial charge in [0.15, 0.2) is 0 Å². The van der Waals surface area contributed by atoms with Gasteiger partial charge < -0.3 is 14.8 Å². The molecule has 1 aromatic carbocycles. The first kappa shape index (κ1) is 15.8. The minimum absolute atomic E-state index is 0.142. The molecule has 0 aliphatic carbocycles. The molecule has 0 amide bonds. The van der Waals surface area contributed by atoms with Crippen molar-refractivity contribution >= 4 is 33.5 Å². The van der Waals surface area contributed by atoms with Crippen molar-refractivity contribution in [3.05, 3.63) is 27.7 Å². The predicted octanol–water partition coefficient (Wildman–Crippen LogP) is 3.91. The van der Waals surface area contributed by atoms with Crippen molar-refractivity contribution in [2.45, 2.75) is 13.3 Å². The minimum Gasteiger partial charge on any atom is -0.467 e. The number of nitrogens with zero attached hydrogens (tertiary/aromatic N) is 3. The molecular weight excluding hydrogens is 360 g/mol. The standard InChI is InChI=1S/C13H14BrClN4O2/c1-3-6-16-11-17-12(20-2)19-13(18-11)21-10-5-4-8(15)7-9(10)14/h4-5,7H,3,6H2,1-2H3,(H,16,17,18,19). The number of methoxy groups -OCH3 is 1. The molecule has 0 fully saturated rings. The van der Waals surface area contributed by atoms with Crippen LogP contribution in [-0.2, 0) is 0 Å². The monoisotopic (exact) mass is 372 g/mol. The second-order valence-electron chi connectivity index (χ2n) is 4.03. The highest BCUT2D eigenvalue weighted by molar-refractivity contribution is 9.10. The van der Waals surface area contributed by atoms with Crippen LogP contribution in [0.25, 0.3) is 0 Å². The van der Waals surface area contributed by atoms with Crippen molar-refractivity contribution in [2.75, 3.05) is 19.0 Å². The first-order chi connectivity index (χ1) is 10.1. The summed E-state index contributed by atoms with van der Waals surface area (Å²) in [4.78, 5) is 12.3. The fraction of sp³-hybridized carbons (Fsp3) is 0.308. The Bertz CT molecular complexity index is 627. The Kier molecular flexibility index (Phi) is 5.58. The Morgan fingerprint density at radius 1 is 1.24 bits per heavy atom. The summed E-state index contributed by atoms with van der Waals surface area (Å²) in [6.45, 7) is 2.80. The molecule has 2 rings (SSSR count). The van der Waals surface area contributed by atoms with E-state index in [0.29, 0.717) is 21.2 Å². The van der Waals surface area contributed by atoms with Crippen molar-refractivity contribution in [2.24, 2.45) is 0 Å². The van der Waals surface area contributed by atoms with Crippen LogP contribution in [0.2, 0.25) is 5.02 Å². The summed E-state index contributed by atoms with van der Waals surface area (Å²) in [6, 6.07) is 5.50. The Balaban J connectivity index is 2.25. The summed E-state index contributed by atoms with van der Waals surface area (Å²) in [5.74, 6) is 0.956. The van der Waals surface area contributed by atoms with E-state index < -0.39 is 0 Å². The largest absolute Gasteiger partial charge is 0.467 e. The molecule has 6 nitrogen and oxygen atoms in total. The van der Waals surface area contributed by atoms with Gasteiger partial charge in [0.2, 0.25) is 5.95 Å². The van der Waals surface area contributed by atoms with Gasteiger partial charge in [0.25, 0.3) is 0 Å². The van der Waals surface area contributed by atoms with Crippen LogP contribution in [0, 0.1) is 0 Å². The summed E-state index contributed by atoms with van der Waals surface area (Å²) < 4.78 is 11.4. The van der Waals surface area contributed by atoms with Crippen molar-refractivity contribution in [1.82, 2.24) is 15.0 Å². The third-order valence-electron chi connectivity index (χ3n) is 2.41. The van der Waals surface area contributed by atoms with Crippen LogP contribution in [-0.4, -0.2) is 28.6 Å². The highest BCUT2D eigenvalue weighted by Crippen LogP contribution is 2.31. The van der Waals surface area contributed by atoms with E-state index in [-0.39, 0.29) is 12.0 Å². The predicted molar refractivity (Wildman–Crippen MR) is 84.4 cm³/mol. The molecule has 0 unspecified atom stereocenters. The maximum Gasteiger partial charge on any atom is 0.330 e. The van der Waals surface area contributed by atoms with Crippen LogP contribution in [0.4, 0.5) is 5.95 Å². The first-order valence-corrected chi connectivity index (χ1v) is 7.46. The van der Waals surface area contributed by atoms with E-state index in [1.54, 1.807) is 18.2 Å². The molecule has 2 aromatic rings. The molecular formula is C13H14BrClN4O2. The lowest BCUT2D eigenvalue weighted by Crippen LogP contribution is -2.07. The van der Waals surface area contributed by atoms with E-state index in [2.05, 4.69) is 36.2 Å². The highest BCUT2D eigenvalue weighted by atomic mass is 79.9. The molecule has 0 bridgehead atoms.